The van der Waals surface area contributed by atoms with Crippen molar-refractivity contribution in [3.63, 3.8) is 0 Å². The van der Waals surface area contributed by atoms with E-state index in [1.165, 1.54) is 29.8 Å². The van der Waals surface area contributed by atoms with Gasteiger partial charge in [-0.15, -0.1) is 22.7 Å². The van der Waals surface area contributed by atoms with E-state index in [1.54, 1.807) is 29.0 Å². The number of hydrazine groups is 1. The molecule has 0 spiro atoms. The minimum atomic E-state index is -0.446. The lowest BCUT2D eigenvalue weighted by Gasteiger charge is -2.11. The number of carbonyl (C=O) groups excluding carboxylic acids is 2. The summed E-state index contributed by atoms with van der Waals surface area (Å²) in [5.74, 6) is -0.731. The molecule has 0 bridgehead atoms. The molecule has 0 radical (unpaired) electrons. The predicted octanol–water partition coefficient (Wildman–Crippen LogP) is 2.23. The van der Waals surface area contributed by atoms with Gasteiger partial charge in [0.25, 0.3) is 5.91 Å². The highest BCUT2D eigenvalue weighted by Crippen LogP contribution is 2.22. The number of thiocarbonyl (C=S) groups is 1. The number of esters is 1. The maximum atomic E-state index is 11.7. The van der Waals surface area contributed by atoms with Crippen LogP contribution in [0.5, 0.6) is 0 Å². The van der Waals surface area contributed by atoms with E-state index >= 15 is 0 Å². The molecule has 110 valence electrons. The average Bonchev–Trinajstić information content (AvgIpc) is 3.15. The molecule has 0 fully saturated rings. The molecule has 21 heavy (non-hydrogen) atoms. The average molecular weight is 341 g/mol. The van der Waals surface area contributed by atoms with Gasteiger partial charge < -0.3 is 10.1 Å². The highest BCUT2D eigenvalue weighted by molar-refractivity contribution is 7.80. The molecular formula is C12H11N3O3S3. The van der Waals surface area contributed by atoms with Crippen molar-refractivity contribution in [2.24, 2.45) is 0 Å². The van der Waals surface area contributed by atoms with Gasteiger partial charge in [-0.2, -0.15) is 0 Å². The lowest BCUT2D eigenvalue weighted by molar-refractivity contribution is 0.0607. The summed E-state index contributed by atoms with van der Waals surface area (Å²) in [6, 6.07) is 5.18. The number of rotatable bonds is 3. The predicted molar refractivity (Wildman–Crippen MR) is 86.8 cm³/mol. The molecule has 0 aliphatic carbocycles. The van der Waals surface area contributed by atoms with Gasteiger partial charge in [-0.1, -0.05) is 6.07 Å². The number of methoxy groups -OCH3 is 1. The number of thiophene rings is 2. The number of hydrogen-bond donors (Lipinski definition) is 3. The zero-order chi connectivity index (χ0) is 15.2. The molecule has 0 saturated heterocycles. The number of ether oxygens (including phenoxy) is 1. The zero-order valence-corrected chi connectivity index (χ0v) is 13.3. The summed E-state index contributed by atoms with van der Waals surface area (Å²) >= 11 is 7.61. The summed E-state index contributed by atoms with van der Waals surface area (Å²) in [5, 5.41) is 6.54. The van der Waals surface area contributed by atoms with Crippen molar-refractivity contribution < 1.29 is 14.3 Å². The molecule has 9 heteroatoms. The molecule has 0 aromatic carbocycles. The van der Waals surface area contributed by atoms with Crippen LogP contribution in [0.3, 0.4) is 0 Å². The van der Waals surface area contributed by atoms with E-state index in [1.807, 2.05) is 0 Å². The van der Waals surface area contributed by atoms with E-state index in [2.05, 4.69) is 20.9 Å². The normalized spacial score (nSPS) is 9.76. The first kappa shape index (κ1) is 15.4. The fourth-order valence-electron chi connectivity index (χ4n) is 1.39. The van der Waals surface area contributed by atoms with Crippen molar-refractivity contribution in [1.29, 1.82) is 0 Å². The Kier molecular flexibility index (Phi) is 5.26. The summed E-state index contributed by atoms with van der Waals surface area (Å²) in [6.45, 7) is 0. The van der Waals surface area contributed by atoms with Gasteiger partial charge in [-0.25, -0.2) is 4.79 Å². The maximum absolute atomic E-state index is 11.7. The van der Waals surface area contributed by atoms with E-state index in [-0.39, 0.29) is 11.0 Å². The monoisotopic (exact) mass is 341 g/mol. The van der Waals surface area contributed by atoms with Gasteiger partial charge in [0.05, 0.1) is 17.7 Å². The van der Waals surface area contributed by atoms with Gasteiger partial charge in [0.2, 0.25) is 0 Å². The van der Waals surface area contributed by atoms with E-state index in [0.717, 1.165) is 0 Å². The summed E-state index contributed by atoms with van der Waals surface area (Å²) < 4.78 is 4.66. The minimum absolute atomic E-state index is 0.170. The van der Waals surface area contributed by atoms with Crippen molar-refractivity contribution in [3.05, 3.63) is 38.7 Å². The van der Waals surface area contributed by atoms with Crippen LogP contribution in [0.4, 0.5) is 5.69 Å². The number of nitrogens with one attached hydrogen (secondary N) is 3. The Morgan fingerprint density at radius 2 is 2.00 bits per heavy atom. The molecule has 6 nitrogen and oxygen atoms in total. The Morgan fingerprint density at radius 1 is 1.19 bits per heavy atom. The van der Waals surface area contributed by atoms with Crippen molar-refractivity contribution in [3.8, 4) is 0 Å². The van der Waals surface area contributed by atoms with Crippen LogP contribution in [0.1, 0.15) is 19.3 Å². The van der Waals surface area contributed by atoms with Gasteiger partial charge in [-0.3, -0.25) is 15.6 Å². The summed E-state index contributed by atoms with van der Waals surface area (Å²) in [6.07, 6.45) is 0. The van der Waals surface area contributed by atoms with E-state index < -0.39 is 5.97 Å². The third-order valence-electron chi connectivity index (χ3n) is 2.32. The molecule has 2 heterocycles. The molecule has 1 amide bonds. The second-order valence-corrected chi connectivity index (χ2v) is 5.94. The Labute approximate surface area is 134 Å². The highest BCUT2D eigenvalue weighted by Gasteiger charge is 2.14. The van der Waals surface area contributed by atoms with Crippen LogP contribution in [0.25, 0.3) is 0 Å². The van der Waals surface area contributed by atoms with Gasteiger partial charge >= 0.3 is 5.97 Å². The van der Waals surface area contributed by atoms with Crippen LogP contribution in [-0.4, -0.2) is 24.1 Å². The van der Waals surface area contributed by atoms with Gasteiger partial charge in [-0.05, 0) is 35.1 Å². The van der Waals surface area contributed by atoms with Crippen LogP contribution >= 0.6 is 34.9 Å². The van der Waals surface area contributed by atoms with E-state index in [0.29, 0.717) is 15.4 Å². The first-order valence-corrected chi connectivity index (χ1v) is 7.85. The Bertz CT molecular complexity index is 652. The standard InChI is InChI=1S/C12H11N3O3S3/c1-18-11(17)9-7(4-6-21-9)13-12(19)15-14-10(16)8-3-2-5-20-8/h2-6H,1H3,(H,14,16)(H2,13,15,19). The molecule has 2 aromatic heterocycles. The molecule has 3 N–H and O–H groups in total. The number of hydrogen-bond acceptors (Lipinski definition) is 6. The van der Waals surface area contributed by atoms with Gasteiger partial charge in [0, 0.05) is 0 Å². The summed E-state index contributed by atoms with van der Waals surface area (Å²) in [4.78, 5) is 24.2. The summed E-state index contributed by atoms with van der Waals surface area (Å²) in [5.41, 5.74) is 5.56. The highest BCUT2D eigenvalue weighted by atomic mass is 32.1. The van der Waals surface area contributed by atoms with Crippen LogP contribution in [0.15, 0.2) is 29.0 Å². The quantitative estimate of drug-likeness (QED) is 0.451. The molecule has 2 rings (SSSR count). The van der Waals surface area contributed by atoms with E-state index in [4.69, 9.17) is 12.2 Å². The number of anilines is 1. The third-order valence-corrected chi connectivity index (χ3v) is 4.29. The molecule has 0 atom stereocenters. The lowest BCUT2D eigenvalue weighted by Crippen LogP contribution is -2.43. The van der Waals surface area contributed by atoms with Crippen molar-refractivity contribution in [2.75, 3.05) is 12.4 Å². The second kappa shape index (κ2) is 7.16. The lowest BCUT2D eigenvalue weighted by atomic mass is 10.4. The van der Waals surface area contributed by atoms with Gasteiger partial charge in [0.15, 0.2) is 5.11 Å². The first-order valence-electron chi connectivity index (χ1n) is 5.68. The van der Waals surface area contributed by atoms with Gasteiger partial charge in [0.1, 0.15) is 4.88 Å². The van der Waals surface area contributed by atoms with Crippen molar-refractivity contribution >= 4 is 57.6 Å². The second-order valence-electron chi connectivity index (χ2n) is 3.67. The van der Waals surface area contributed by atoms with Crippen molar-refractivity contribution in [2.45, 2.75) is 0 Å². The fraction of sp³-hybridized carbons (Fsp3) is 0.0833. The van der Waals surface area contributed by atoms with Crippen LogP contribution in [0.2, 0.25) is 0 Å². The smallest absolute Gasteiger partial charge is 0.350 e. The third kappa shape index (κ3) is 4.00. The topological polar surface area (TPSA) is 79.5 Å². The van der Waals surface area contributed by atoms with Crippen LogP contribution < -0.4 is 16.2 Å². The van der Waals surface area contributed by atoms with Crippen LogP contribution in [-0.2, 0) is 4.74 Å². The van der Waals surface area contributed by atoms with E-state index in [9.17, 15) is 9.59 Å². The first-order chi connectivity index (χ1) is 10.1. The Hall–Kier alpha value is -1.97. The Balaban J connectivity index is 1.89. The number of carbonyl (C=O) groups is 2. The molecule has 0 aliphatic heterocycles. The molecule has 0 saturated carbocycles. The maximum Gasteiger partial charge on any atom is 0.350 e. The molecule has 2 aromatic rings. The van der Waals surface area contributed by atoms with Crippen molar-refractivity contribution in [1.82, 2.24) is 10.9 Å². The summed E-state index contributed by atoms with van der Waals surface area (Å²) in [7, 11) is 1.31. The minimum Gasteiger partial charge on any atom is -0.465 e. The SMILES string of the molecule is COC(=O)c1sccc1NC(=S)NNC(=O)c1cccs1. The molecule has 0 unspecified atom stereocenters. The zero-order valence-electron chi connectivity index (χ0n) is 10.8. The van der Waals surface area contributed by atoms with Crippen LogP contribution in [0, 0.1) is 0 Å². The Morgan fingerprint density at radius 3 is 2.67 bits per heavy atom. The fourth-order valence-corrected chi connectivity index (χ4v) is 2.94. The molecule has 0 aliphatic rings. The number of amides is 1. The largest absolute Gasteiger partial charge is 0.465 e. The molecular weight excluding hydrogens is 330 g/mol.